The summed E-state index contributed by atoms with van der Waals surface area (Å²) in [7, 11) is 0. The molecule has 0 fully saturated rings. The average Bonchev–Trinajstić information content (AvgIpc) is 2.16. The number of hydrogen-bond acceptors (Lipinski definition) is 2. The average molecular weight is 212 g/mol. The van der Waals surface area contributed by atoms with Crippen LogP contribution in [0.3, 0.4) is 0 Å². The van der Waals surface area contributed by atoms with Crippen LogP contribution in [0.25, 0.3) is 0 Å². The van der Waals surface area contributed by atoms with Crippen LogP contribution in [0.15, 0.2) is 24.3 Å². The third kappa shape index (κ3) is 6.47. The highest BCUT2D eigenvalue weighted by atomic mass is 16.6. The Hall–Kier alpha value is -0.600. The van der Waals surface area contributed by atoms with Gasteiger partial charge in [0.05, 0.1) is 5.60 Å². The Bertz CT molecular complexity index is 219. The zero-order valence-electron chi connectivity index (χ0n) is 10.4. The minimum atomic E-state index is -0.746. The zero-order valence-corrected chi connectivity index (χ0v) is 10.4. The minimum Gasteiger partial charge on any atom is -0.368 e. The first kappa shape index (κ1) is 14.4. The summed E-state index contributed by atoms with van der Waals surface area (Å²) < 4.78 is 5.41. The summed E-state index contributed by atoms with van der Waals surface area (Å²) in [6, 6.07) is 0. The molecule has 0 aromatic heterocycles. The quantitative estimate of drug-likeness (QED) is 0.517. The molecule has 1 N–H and O–H groups in total. The minimum absolute atomic E-state index is 0.432. The summed E-state index contributed by atoms with van der Waals surface area (Å²) in [4.78, 5) is 0. The van der Waals surface area contributed by atoms with Crippen LogP contribution in [0.1, 0.15) is 47.0 Å². The molecule has 2 heteroatoms. The van der Waals surface area contributed by atoms with E-state index >= 15 is 0 Å². The van der Waals surface area contributed by atoms with E-state index in [4.69, 9.17) is 4.74 Å². The third-order valence-electron chi connectivity index (χ3n) is 2.56. The van der Waals surface area contributed by atoms with Gasteiger partial charge >= 0.3 is 0 Å². The number of ether oxygens (including phenoxy) is 1. The van der Waals surface area contributed by atoms with Crippen molar-refractivity contribution in [3.63, 3.8) is 0 Å². The molecule has 0 heterocycles. The van der Waals surface area contributed by atoms with Gasteiger partial charge in [0.15, 0.2) is 6.29 Å². The third-order valence-corrected chi connectivity index (χ3v) is 2.56. The van der Waals surface area contributed by atoms with Gasteiger partial charge in [-0.3, -0.25) is 0 Å². The molecule has 2 atom stereocenters. The van der Waals surface area contributed by atoms with Crippen LogP contribution in [0.5, 0.6) is 0 Å². The van der Waals surface area contributed by atoms with E-state index in [9.17, 15) is 5.11 Å². The molecule has 15 heavy (non-hydrogen) atoms. The summed E-state index contributed by atoms with van der Waals surface area (Å²) in [6.07, 6.45) is 6.11. The van der Waals surface area contributed by atoms with E-state index in [1.165, 1.54) is 5.57 Å². The van der Waals surface area contributed by atoms with Gasteiger partial charge in [0, 0.05) is 0 Å². The van der Waals surface area contributed by atoms with Crippen molar-refractivity contribution >= 4 is 0 Å². The van der Waals surface area contributed by atoms with Crippen molar-refractivity contribution in [1.29, 1.82) is 0 Å². The van der Waals surface area contributed by atoms with E-state index in [-0.39, 0.29) is 0 Å². The highest BCUT2D eigenvalue weighted by molar-refractivity contribution is 5.00. The van der Waals surface area contributed by atoms with Crippen LogP contribution in [0.4, 0.5) is 0 Å². The summed E-state index contributed by atoms with van der Waals surface area (Å²) in [5, 5.41) is 9.19. The number of allylic oxidation sites excluding steroid dienone is 2. The fourth-order valence-electron chi connectivity index (χ4n) is 1.35. The molecule has 2 unspecified atom stereocenters. The molecule has 0 spiro atoms. The van der Waals surface area contributed by atoms with E-state index in [1.54, 1.807) is 13.0 Å². The fraction of sp³-hybridized carbons (Fsp3) is 0.692. The van der Waals surface area contributed by atoms with Crippen molar-refractivity contribution in [2.45, 2.75) is 58.8 Å². The molecule has 0 radical (unpaired) electrons. The SMILES string of the molecule is C=CC(C)(CCC=C(C)CC)OC(C)O. The van der Waals surface area contributed by atoms with Crippen LogP contribution in [0, 0.1) is 0 Å². The second-order valence-corrected chi connectivity index (χ2v) is 4.18. The summed E-state index contributed by atoms with van der Waals surface area (Å²) >= 11 is 0. The van der Waals surface area contributed by atoms with Gasteiger partial charge in [-0.25, -0.2) is 0 Å². The van der Waals surface area contributed by atoms with E-state index in [0.717, 1.165) is 19.3 Å². The molecule has 0 rings (SSSR count). The van der Waals surface area contributed by atoms with E-state index in [0.29, 0.717) is 0 Å². The predicted octanol–water partition coefficient (Wildman–Crippen LogP) is 3.42. The molecule has 0 amide bonds. The first-order valence-electron chi connectivity index (χ1n) is 5.58. The molecule has 0 aliphatic carbocycles. The first-order chi connectivity index (χ1) is 6.93. The fourth-order valence-corrected chi connectivity index (χ4v) is 1.35. The van der Waals surface area contributed by atoms with Gasteiger partial charge in [-0.1, -0.05) is 24.6 Å². The standard InChI is InChI=1S/C13H24O2/c1-6-11(3)9-8-10-13(5,7-2)15-12(4)14/h7,9,12,14H,2,6,8,10H2,1,3-5H3. The van der Waals surface area contributed by atoms with Crippen LogP contribution >= 0.6 is 0 Å². The molecule has 88 valence electrons. The van der Waals surface area contributed by atoms with Gasteiger partial charge < -0.3 is 9.84 Å². The Balaban J connectivity index is 4.15. The largest absolute Gasteiger partial charge is 0.368 e. The van der Waals surface area contributed by atoms with Crippen molar-refractivity contribution in [2.75, 3.05) is 0 Å². The molecular formula is C13H24O2. The Kier molecular flexibility index (Phi) is 6.53. The van der Waals surface area contributed by atoms with Gasteiger partial charge in [0.2, 0.25) is 0 Å². The van der Waals surface area contributed by atoms with Crippen molar-refractivity contribution in [1.82, 2.24) is 0 Å². The number of rotatable bonds is 7. The van der Waals surface area contributed by atoms with Crippen LogP contribution in [0.2, 0.25) is 0 Å². The molecule has 0 bridgehead atoms. The molecule has 0 aliphatic heterocycles. The molecule has 0 saturated carbocycles. The summed E-state index contributed by atoms with van der Waals surface area (Å²) in [5.74, 6) is 0. The Morgan fingerprint density at radius 3 is 2.60 bits per heavy atom. The number of hydrogen-bond donors (Lipinski definition) is 1. The van der Waals surface area contributed by atoms with Crippen molar-refractivity contribution in [2.24, 2.45) is 0 Å². The normalized spacial score (nSPS) is 18.3. The number of aliphatic hydroxyl groups excluding tert-OH is 1. The lowest BCUT2D eigenvalue weighted by Crippen LogP contribution is -2.30. The summed E-state index contributed by atoms with van der Waals surface area (Å²) in [6.45, 7) is 11.6. The lowest BCUT2D eigenvalue weighted by Gasteiger charge is -2.27. The molecule has 0 aliphatic rings. The maximum absolute atomic E-state index is 9.19. The zero-order chi connectivity index (χ0) is 11.9. The van der Waals surface area contributed by atoms with Gasteiger partial charge in [-0.15, -0.1) is 6.58 Å². The second kappa shape index (κ2) is 6.81. The molecular weight excluding hydrogens is 188 g/mol. The Labute approximate surface area is 93.6 Å². The highest BCUT2D eigenvalue weighted by Gasteiger charge is 2.21. The van der Waals surface area contributed by atoms with Crippen LogP contribution in [-0.2, 0) is 4.74 Å². The maximum atomic E-state index is 9.19. The lowest BCUT2D eigenvalue weighted by atomic mass is 9.99. The second-order valence-electron chi connectivity index (χ2n) is 4.18. The van der Waals surface area contributed by atoms with E-state index < -0.39 is 11.9 Å². The summed E-state index contributed by atoms with van der Waals surface area (Å²) in [5.41, 5.74) is 0.956. The Morgan fingerprint density at radius 2 is 2.20 bits per heavy atom. The van der Waals surface area contributed by atoms with Crippen LogP contribution in [-0.4, -0.2) is 17.0 Å². The first-order valence-corrected chi connectivity index (χ1v) is 5.58. The van der Waals surface area contributed by atoms with Crippen LogP contribution < -0.4 is 0 Å². The van der Waals surface area contributed by atoms with Crippen molar-refractivity contribution in [3.8, 4) is 0 Å². The smallest absolute Gasteiger partial charge is 0.152 e. The monoisotopic (exact) mass is 212 g/mol. The van der Waals surface area contributed by atoms with Crippen molar-refractivity contribution in [3.05, 3.63) is 24.3 Å². The van der Waals surface area contributed by atoms with E-state index in [1.807, 2.05) is 6.92 Å². The molecule has 0 saturated heterocycles. The lowest BCUT2D eigenvalue weighted by molar-refractivity contribution is -0.151. The predicted molar refractivity (Wildman–Crippen MR) is 64.6 cm³/mol. The Morgan fingerprint density at radius 1 is 1.60 bits per heavy atom. The maximum Gasteiger partial charge on any atom is 0.152 e. The molecule has 2 nitrogen and oxygen atoms in total. The van der Waals surface area contributed by atoms with Gasteiger partial charge in [-0.2, -0.15) is 0 Å². The van der Waals surface area contributed by atoms with Crippen molar-refractivity contribution < 1.29 is 9.84 Å². The van der Waals surface area contributed by atoms with Gasteiger partial charge in [-0.05, 0) is 40.0 Å². The topological polar surface area (TPSA) is 29.5 Å². The van der Waals surface area contributed by atoms with Gasteiger partial charge in [0.25, 0.3) is 0 Å². The highest BCUT2D eigenvalue weighted by Crippen LogP contribution is 2.21. The number of aliphatic hydroxyl groups is 1. The molecule has 0 aromatic rings. The van der Waals surface area contributed by atoms with Gasteiger partial charge in [0.1, 0.15) is 0 Å². The molecule has 0 aromatic carbocycles. The van der Waals surface area contributed by atoms with E-state index in [2.05, 4.69) is 26.5 Å².